The zero-order valence-electron chi connectivity index (χ0n) is 49.3. The fourth-order valence-electron chi connectivity index (χ4n) is 10.8. The number of methoxy groups -OCH3 is 2. The Labute approximate surface area is 454 Å². The number of esters is 2. The summed E-state index contributed by atoms with van der Waals surface area (Å²) in [6.45, 7) is 22.3. The molecule has 19 heteroatoms. The number of aliphatic hydroxyl groups excluding tert-OH is 1. The molecule has 0 aromatic heterocycles. The van der Waals surface area contributed by atoms with Crippen LogP contribution in [0.15, 0.2) is 23.5 Å². The quantitative estimate of drug-likeness (QED) is 0.300. The standard InChI is InChI=1S/C57H96N6O13/c1-19-36(8)50-54(69)61(16)48(34(4)5)53(68)58(13)43(32-73-17)52(67)62-29-21-23-41(62)51(66)60(15)49(35(6)7)55(70)63-30-22-24-42(63)57(72)76-45(33(2)3)26-20-25-44(64)39(11)56(71)75-40(12)37(9)27-28-38(10)46(74-18)31-47(65)59(50)14/h28,31,33-37,39-45,48-50,64H,19-27,29-30,32H2,1-18H3/b38-28+,46-31+/t36-,37-,39+,40+,41-,42-,43-,44+,45-,48-,49-,50-/m0/s1. The average Bonchev–Trinajstić information content (AvgIpc) is 4.08. The number of hydrogen-bond acceptors (Lipinski definition) is 13. The Morgan fingerprint density at radius 3 is 1.71 bits per heavy atom. The molecule has 0 spiro atoms. The highest BCUT2D eigenvalue weighted by atomic mass is 16.6. The molecule has 3 aliphatic heterocycles. The number of cyclic esters (lactones) is 2. The smallest absolute Gasteiger partial charge is 0.329 e. The van der Waals surface area contributed by atoms with Gasteiger partial charge < -0.3 is 53.5 Å². The normalized spacial score (nSPS) is 31.9. The molecule has 1 N–H and O–H groups in total. The van der Waals surface area contributed by atoms with Gasteiger partial charge >= 0.3 is 11.9 Å². The van der Waals surface area contributed by atoms with Gasteiger partial charge in [-0.05, 0) is 107 Å². The summed E-state index contributed by atoms with van der Waals surface area (Å²) >= 11 is 0. The second-order valence-corrected chi connectivity index (χ2v) is 22.8. The van der Waals surface area contributed by atoms with Crippen molar-refractivity contribution in [3.63, 3.8) is 0 Å². The Hall–Kier alpha value is -5.04. The van der Waals surface area contributed by atoms with E-state index in [9.17, 15) is 43.5 Å². The first-order valence-corrected chi connectivity index (χ1v) is 27.8. The summed E-state index contributed by atoms with van der Waals surface area (Å²) in [6, 6.07) is -6.11. The van der Waals surface area contributed by atoms with Crippen molar-refractivity contribution in [1.29, 1.82) is 0 Å². The predicted molar refractivity (Wildman–Crippen MR) is 289 cm³/mol. The number of carbonyl (C=O) groups excluding carboxylic acids is 8. The molecule has 76 heavy (non-hydrogen) atoms. The Balaban J connectivity index is 2.12. The van der Waals surface area contributed by atoms with E-state index in [2.05, 4.69) is 0 Å². The van der Waals surface area contributed by atoms with Gasteiger partial charge in [-0.25, -0.2) is 4.79 Å². The number of ether oxygens (including phenoxy) is 4. The third kappa shape index (κ3) is 16.0. The number of fused-ring (bicyclic) bond motifs is 2. The van der Waals surface area contributed by atoms with Crippen molar-refractivity contribution in [3.8, 4) is 0 Å². The molecule has 3 rings (SSSR count). The van der Waals surface area contributed by atoms with E-state index in [1.807, 2.05) is 54.5 Å². The first-order valence-electron chi connectivity index (χ1n) is 27.8. The van der Waals surface area contributed by atoms with E-state index >= 15 is 0 Å². The molecule has 0 aromatic carbocycles. The molecule has 432 valence electrons. The van der Waals surface area contributed by atoms with Crippen LogP contribution < -0.4 is 0 Å². The summed E-state index contributed by atoms with van der Waals surface area (Å²) in [5, 5.41) is 11.2. The number of allylic oxidation sites excluding steroid dienone is 2. The minimum atomic E-state index is -1.19. The van der Waals surface area contributed by atoms with Gasteiger partial charge in [-0.3, -0.25) is 33.6 Å². The number of carbonyl (C=O) groups is 8. The average molecular weight is 1070 g/mol. The fourth-order valence-corrected chi connectivity index (χ4v) is 10.8. The molecule has 0 aliphatic carbocycles. The van der Waals surface area contributed by atoms with Crippen LogP contribution in [0.2, 0.25) is 0 Å². The molecular formula is C57H96N6O13. The highest BCUT2D eigenvalue weighted by molar-refractivity contribution is 5.98. The van der Waals surface area contributed by atoms with Gasteiger partial charge in [0.15, 0.2) is 0 Å². The summed E-state index contributed by atoms with van der Waals surface area (Å²) in [7, 11) is 8.94. The van der Waals surface area contributed by atoms with Gasteiger partial charge in [0.1, 0.15) is 54.2 Å². The van der Waals surface area contributed by atoms with E-state index in [0.29, 0.717) is 56.9 Å². The Morgan fingerprint density at radius 2 is 1.17 bits per heavy atom. The van der Waals surface area contributed by atoms with Crippen LogP contribution in [0.25, 0.3) is 0 Å². The van der Waals surface area contributed by atoms with Gasteiger partial charge in [-0.1, -0.05) is 74.8 Å². The van der Waals surface area contributed by atoms with Crippen LogP contribution in [0, 0.1) is 35.5 Å². The van der Waals surface area contributed by atoms with Crippen LogP contribution >= 0.6 is 0 Å². The summed E-state index contributed by atoms with van der Waals surface area (Å²) in [4.78, 5) is 124. The van der Waals surface area contributed by atoms with Crippen molar-refractivity contribution >= 4 is 47.4 Å². The number of amides is 6. The molecule has 12 atom stereocenters. The molecular weight excluding hydrogens is 977 g/mol. The Kier molecular flexibility index (Phi) is 25.4. The van der Waals surface area contributed by atoms with Gasteiger partial charge in [0.05, 0.1) is 25.7 Å². The Morgan fingerprint density at radius 1 is 0.632 bits per heavy atom. The van der Waals surface area contributed by atoms with Gasteiger partial charge in [0.2, 0.25) is 29.5 Å². The van der Waals surface area contributed by atoms with Crippen molar-refractivity contribution in [2.75, 3.05) is 62.1 Å². The van der Waals surface area contributed by atoms with Gasteiger partial charge in [0.25, 0.3) is 5.91 Å². The maximum Gasteiger partial charge on any atom is 0.329 e. The SMILES string of the molecule is CC[C@H](C)[C@H]1C(=O)N(C)[C@@H](C(C)C)C(=O)N(C)[C@@H](COC)C(=O)N2CCC[C@H]2C(=O)N(C)[C@@H](C(C)C)C(=O)N2CCC[C@H]2C(=O)O[C@H](C(C)C)CCC[C@@H](O)[C@@H](C)C(=O)O[C@H](C)[C@@H](C)C/C=C(C)/C(OC)=C\C(=O)N1C. The van der Waals surface area contributed by atoms with Crippen LogP contribution in [-0.2, 0) is 57.3 Å². The van der Waals surface area contributed by atoms with Crippen molar-refractivity contribution in [1.82, 2.24) is 29.4 Å². The molecule has 0 radical (unpaired) electrons. The molecule has 0 bridgehead atoms. The van der Waals surface area contributed by atoms with E-state index in [1.54, 1.807) is 41.7 Å². The lowest BCUT2D eigenvalue weighted by Crippen LogP contribution is -2.62. The van der Waals surface area contributed by atoms with Gasteiger partial charge in [-0.15, -0.1) is 0 Å². The lowest BCUT2D eigenvalue weighted by Gasteiger charge is -2.41. The van der Waals surface area contributed by atoms with E-state index in [0.717, 1.165) is 0 Å². The van der Waals surface area contributed by atoms with Crippen molar-refractivity contribution in [3.05, 3.63) is 23.5 Å². The lowest BCUT2D eigenvalue weighted by molar-refractivity contribution is -0.163. The maximum atomic E-state index is 14.8. The Bertz CT molecular complexity index is 2080. The number of rotatable bonds is 8. The minimum absolute atomic E-state index is 0.0950. The maximum absolute atomic E-state index is 14.8. The predicted octanol–water partition coefficient (Wildman–Crippen LogP) is 5.46. The molecule has 6 amide bonds. The van der Waals surface area contributed by atoms with Crippen LogP contribution in [0.1, 0.15) is 141 Å². The fraction of sp³-hybridized carbons (Fsp3) is 0.789. The molecule has 2 saturated heterocycles. The van der Waals surface area contributed by atoms with E-state index < -0.39 is 114 Å². The van der Waals surface area contributed by atoms with Crippen LogP contribution in [-0.4, -0.2) is 199 Å². The summed E-state index contributed by atoms with van der Waals surface area (Å²) < 4.78 is 23.2. The molecule has 19 nitrogen and oxygen atoms in total. The molecule has 0 saturated carbocycles. The van der Waals surface area contributed by atoms with E-state index in [4.69, 9.17) is 18.9 Å². The second-order valence-electron chi connectivity index (χ2n) is 22.8. The summed E-state index contributed by atoms with van der Waals surface area (Å²) in [5.41, 5.74) is 0.638. The zero-order chi connectivity index (χ0) is 57.6. The van der Waals surface area contributed by atoms with Crippen LogP contribution in [0.5, 0.6) is 0 Å². The zero-order valence-corrected chi connectivity index (χ0v) is 49.3. The monoisotopic (exact) mass is 1070 g/mol. The molecule has 0 aromatic rings. The first-order chi connectivity index (χ1) is 35.6. The topological polar surface area (TPSA) is 213 Å². The van der Waals surface area contributed by atoms with Crippen LogP contribution in [0.3, 0.4) is 0 Å². The van der Waals surface area contributed by atoms with E-state index in [-0.39, 0.29) is 55.5 Å². The molecule has 3 aliphatic rings. The van der Waals surface area contributed by atoms with Crippen molar-refractivity contribution in [2.24, 2.45) is 35.5 Å². The minimum Gasteiger partial charge on any atom is -0.496 e. The number of hydrogen-bond donors (Lipinski definition) is 1. The molecule has 0 unspecified atom stereocenters. The second kappa shape index (κ2) is 29.6. The number of likely N-dealkylation sites (N-methyl/N-ethyl adjacent to an activating group) is 4. The molecule has 3 heterocycles. The number of nitrogens with zero attached hydrogens (tertiary/aromatic N) is 6. The third-order valence-corrected chi connectivity index (χ3v) is 16.3. The highest BCUT2D eigenvalue weighted by Crippen LogP contribution is 2.30. The summed E-state index contributed by atoms with van der Waals surface area (Å²) in [6.07, 6.45) is 4.91. The third-order valence-electron chi connectivity index (χ3n) is 16.3. The van der Waals surface area contributed by atoms with Gasteiger partial charge in [0, 0.05) is 54.5 Å². The van der Waals surface area contributed by atoms with Crippen molar-refractivity contribution < 1.29 is 62.4 Å². The first kappa shape index (κ1) is 65.2. The lowest BCUT2D eigenvalue weighted by atomic mass is 9.93. The van der Waals surface area contributed by atoms with Gasteiger partial charge in [-0.2, -0.15) is 0 Å². The number of aliphatic hydroxyl groups is 1. The largest absolute Gasteiger partial charge is 0.496 e. The van der Waals surface area contributed by atoms with Crippen molar-refractivity contribution in [2.45, 2.75) is 195 Å². The van der Waals surface area contributed by atoms with Crippen LogP contribution in [0.4, 0.5) is 0 Å². The van der Waals surface area contributed by atoms with E-state index in [1.165, 1.54) is 70.8 Å². The summed E-state index contributed by atoms with van der Waals surface area (Å²) in [5.74, 6) is -6.03. The highest BCUT2D eigenvalue weighted by Gasteiger charge is 2.47. The molecule has 2 fully saturated rings.